The maximum absolute atomic E-state index is 13.6. The molecule has 0 atom stereocenters. The minimum Gasteiger partial charge on any atom is -0.383 e. The Morgan fingerprint density at radius 3 is 2.24 bits per heavy atom. The van der Waals surface area contributed by atoms with Crippen LogP contribution in [0.3, 0.4) is 0 Å². The molecule has 0 spiro atoms. The van der Waals surface area contributed by atoms with Gasteiger partial charge in [-0.3, -0.25) is 4.79 Å². The van der Waals surface area contributed by atoms with Gasteiger partial charge in [0.2, 0.25) is 0 Å². The summed E-state index contributed by atoms with van der Waals surface area (Å²) in [6.07, 6.45) is 0. The van der Waals surface area contributed by atoms with Gasteiger partial charge >= 0.3 is 0 Å². The molecule has 0 aromatic heterocycles. The molecule has 0 unspecified atom stereocenters. The average Bonchev–Trinajstić information content (AvgIpc) is 2.45. The monoisotopic (exact) mass is 294 g/mol. The average molecular weight is 294 g/mol. The van der Waals surface area contributed by atoms with Gasteiger partial charge in [0.1, 0.15) is 23.1 Å². The van der Waals surface area contributed by atoms with Crippen molar-refractivity contribution in [3.05, 3.63) is 65.0 Å². The standard InChI is InChI=1S/C15H13F3N2O/c1-19-14-12(17)6-10(7-13(14)18)15(21)20-8-9-4-2-3-5-11(9)16/h2-7,19H,8H2,1H3,(H,20,21). The molecule has 0 saturated heterocycles. The van der Waals surface area contributed by atoms with Crippen LogP contribution in [0, 0.1) is 17.5 Å². The van der Waals surface area contributed by atoms with Crippen LogP contribution in [-0.4, -0.2) is 13.0 Å². The van der Waals surface area contributed by atoms with Gasteiger partial charge in [-0.1, -0.05) is 18.2 Å². The van der Waals surface area contributed by atoms with Crippen LogP contribution in [0.5, 0.6) is 0 Å². The van der Waals surface area contributed by atoms with Crippen molar-refractivity contribution in [3.63, 3.8) is 0 Å². The summed E-state index contributed by atoms with van der Waals surface area (Å²) in [4.78, 5) is 11.8. The molecule has 0 aliphatic carbocycles. The summed E-state index contributed by atoms with van der Waals surface area (Å²) in [5, 5.41) is 4.78. The number of hydrogen-bond donors (Lipinski definition) is 2. The number of amides is 1. The molecule has 0 radical (unpaired) electrons. The molecule has 110 valence electrons. The first-order valence-electron chi connectivity index (χ1n) is 6.21. The highest BCUT2D eigenvalue weighted by Gasteiger charge is 2.14. The van der Waals surface area contributed by atoms with Gasteiger partial charge in [-0.25, -0.2) is 13.2 Å². The number of anilines is 1. The van der Waals surface area contributed by atoms with Crippen LogP contribution < -0.4 is 10.6 Å². The van der Waals surface area contributed by atoms with Gasteiger partial charge < -0.3 is 10.6 Å². The van der Waals surface area contributed by atoms with Crippen molar-refractivity contribution in [2.45, 2.75) is 6.54 Å². The Balaban J connectivity index is 2.13. The van der Waals surface area contributed by atoms with Crippen molar-refractivity contribution in [1.82, 2.24) is 5.32 Å². The molecule has 0 fully saturated rings. The summed E-state index contributed by atoms with van der Waals surface area (Å²) in [6.45, 7) is -0.0669. The molecule has 6 heteroatoms. The van der Waals surface area contributed by atoms with E-state index in [0.717, 1.165) is 12.1 Å². The highest BCUT2D eigenvalue weighted by Crippen LogP contribution is 2.20. The van der Waals surface area contributed by atoms with Crippen LogP contribution >= 0.6 is 0 Å². The molecule has 2 rings (SSSR count). The fraction of sp³-hybridized carbons (Fsp3) is 0.133. The van der Waals surface area contributed by atoms with Crippen molar-refractivity contribution < 1.29 is 18.0 Å². The number of halogens is 3. The van der Waals surface area contributed by atoms with E-state index in [1.54, 1.807) is 6.07 Å². The number of nitrogens with one attached hydrogen (secondary N) is 2. The second-order valence-electron chi connectivity index (χ2n) is 4.34. The zero-order valence-corrected chi connectivity index (χ0v) is 11.2. The summed E-state index contributed by atoms with van der Waals surface area (Å²) >= 11 is 0. The summed E-state index contributed by atoms with van der Waals surface area (Å²) in [6, 6.07) is 7.79. The third kappa shape index (κ3) is 3.34. The molecule has 1 amide bonds. The minimum atomic E-state index is -0.867. The SMILES string of the molecule is CNc1c(F)cc(C(=O)NCc2ccccc2F)cc1F. The first-order chi connectivity index (χ1) is 10.0. The molecule has 2 N–H and O–H groups in total. The molecular formula is C15H13F3N2O. The summed E-state index contributed by atoms with van der Waals surface area (Å²) in [7, 11) is 1.37. The molecule has 3 nitrogen and oxygen atoms in total. The Morgan fingerprint density at radius 1 is 1.05 bits per heavy atom. The Morgan fingerprint density at radius 2 is 1.67 bits per heavy atom. The highest BCUT2D eigenvalue weighted by molar-refractivity contribution is 5.94. The van der Waals surface area contributed by atoms with Crippen LogP contribution in [0.15, 0.2) is 36.4 Å². The quantitative estimate of drug-likeness (QED) is 0.910. The fourth-order valence-electron chi connectivity index (χ4n) is 1.86. The van der Waals surface area contributed by atoms with Crippen molar-refractivity contribution in [1.29, 1.82) is 0 Å². The Hall–Kier alpha value is -2.50. The Bertz CT molecular complexity index is 651. The minimum absolute atomic E-state index is 0.0669. The second-order valence-corrected chi connectivity index (χ2v) is 4.34. The summed E-state index contributed by atoms with van der Waals surface area (Å²) in [5.74, 6) is -2.87. The molecular weight excluding hydrogens is 281 g/mol. The highest BCUT2D eigenvalue weighted by atomic mass is 19.1. The first-order valence-corrected chi connectivity index (χ1v) is 6.21. The Kier molecular flexibility index (Phi) is 4.47. The third-order valence-corrected chi connectivity index (χ3v) is 2.95. The molecule has 0 heterocycles. The van der Waals surface area contributed by atoms with Crippen molar-refractivity contribution in [2.75, 3.05) is 12.4 Å². The van der Waals surface area contributed by atoms with E-state index in [1.165, 1.54) is 25.2 Å². The van der Waals surface area contributed by atoms with E-state index in [0.29, 0.717) is 5.56 Å². The van der Waals surface area contributed by atoms with E-state index in [4.69, 9.17) is 0 Å². The van der Waals surface area contributed by atoms with Gasteiger partial charge in [0.15, 0.2) is 0 Å². The number of carbonyl (C=O) groups is 1. The number of rotatable bonds is 4. The normalized spacial score (nSPS) is 10.3. The van der Waals surface area contributed by atoms with E-state index in [9.17, 15) is 18.0 Å². The molecule has 2 aromatic rings. The second kappa shape index (κ2) is 6.30. The van der Waals surface area contributed by atoms with E-state index >= 15 is 0 Å². The van der Waals surface area contributed by atoms with E-state index in [-0.39, 0.29) is 17.8 Å². The lowest BCUT2D eigenvalue weighted by molar-refractivity contribution is 0.0949. The van der Waals surface area contributed by atoms with Crippen molar-refractivity contribution in [2.24, 2.45) is 0 Å². The van der Waals surface area contributed by atoms with E-state index in [2.05, 4.69) is 10.6 Å². The van der Waals surface area contributed by atoms with Gasteiger partial charge in [-0.2, -0.15) is 0 Å². The van der Waals surface area contributed by atoms with Gasteiger partial charge in [0.25, 0.3) is 5.91 Å². The molecule has 2 aromatic carbocycles. The van der Waals surface area contributed by atoms with E-state index in [1.807, 2.05) is 0 Å². The predicted molar refractivity (Wildman–Crippen MR) is 73.5 cm³/mol. The number of benzene rings is 2. The first kappa shape index (κ1) is 14.9. The smallest absolute Gasteiger partial charge is 0.251 e. The van der Waals surface area contributed by atoms with Crippen LogP contribution in [-0.2, 0) is 6.54 Å². The van der Waals surface area contributed by atoms with Crippen LogP contribution in [0.4, 0.5) is 18.9 Å². The fourth-order valence-corrected chi connectivity index (χ4v) is 1.86. The van der Waals surface area contributed by atoms with Crippen LogP contribution in [0.25, 0.3) is 0 Å². The predicted octanol–water partition coefficient (Wildman–Crippen LogP) is 3.08. The van der Waals surface area contributed by atoms with E-state index < -0.39 is 23.4 Å². The molecule has 0 aliphatic heterocycles. The molecule has 21 heavy (non-hydrogen) atoms. The molecule has 0 aliphatic rings. The zero-order chi connectivity index (χ0) is 15.4. The number of carbonyl (C=O) groups excluding carboxylic acids is 1. The Labute approximate surface area is 119 Å². The summed E-state index contributed by atoms with van der Waals surface area (Å²) in [5.41, 5.74) is -0.181. The number of hydrogen-bond acceptors (Lipinski definition) is 2. The largest absolute Gasteiger partial charge is 0.383 e. The topological polar surface area (TPSA) is 41.1 Å². The molecule has 0 bridgehead atoms. The lowest BCUT2D eigenvalue weighted by Crippen LogP contribution is -2.23. The maximum Gasteiger partial charge on any atom is 0.251 e. The molecule has 0 saturated carbocycles. The van der Waals surface area contributed by atoms with Gasteiger partial charge in [-0.15, -0.1) is 0 Å². The zero-order valence-electron chi connectivity index (χ0n) is 11.2. The lowest BCUT2D eigenvalue weighted by atomic mass is 10.1. The van der Waals surface area contributed by atoms with Crippen LogP contribution in [0.1, 0.15) is 15.9 Å². The summed E-state index contributed by atoms with van der Waals surface area (Å²) < 4.78 is 40.5. The van der Waals surface area contributed by atoms with Crippen LogP contribution in [0.2, 0.25) is 0 Å². The van der Waals surface area contributed by atoms with Crippen molar-refractivity contribution >= 4 is 11.6 Å². The lowest BCUT2D eigenvalue weighted by Gasteiger charge is -2.09. The third-order valence-electron chi connectivity index (χ3n) is 2.95. The van der Waals surface area contributed by atoms with Gasteiger partial charge in [0, 0.05) is 24.7 Å². The van der Waals surface area contributed by atoms with Gasteiger partial charge in [-0.05, 0) is 18.2 Å². The maximum atomic E-state index is 13.6. The van der Waals surface area contributed by atoms with Gasteiger partial charge in [0.05, 0.1) is 0 Å². The van der Waals surface area contributed by atoms with Crippen molar-refractivity contribution in [3.8, 4) is 0 Å².